The first-order valence-corrected chi connectivity index (χ1v) is 8.76. The average molecular weight is 333 g/mol. The lowest BCUT2D eigenvalue weighted by Gasteiger charge is -2.27. The third-order valence-electron chi connectivity index (χ3n) is 5.09. The Morgan fingerprint density at radius 2 is 1.84 bits per heavy atom. The van der Waals surface area contributed by atoms with Gasteiger partial charge in [0.1, 0.15) is 18.0 Å². The van der Waals surface area contributed by atoms with Crippen LogP contribution in [0.4, 0.5) is 0 Å². The molecule has 1 aliphatic heterocycles. The van der Waals surface area contributed by atoms with Crippen LogP contribution in [0.15, 0.2) is 66.7 Å². The Labute approximate surface area is 148 Å². The van der Waals surface area contributed by atoms with E-state index in [0.717, 1.165) is 25.3 Å². The molecule has 0 aliphatic carbocycles. The van der Waals surface area contributed by atoms with Gasteiger partial charge in [-0.2, -0.15) is 0 Å². The summed E-state index contributed by atoms with van der Waals surface area (Å²) in [5.74, 6) is 0.883. The van der Waals surface area contributed by atoms with Crippen molar-refractivity contribution in [2.45, 2.75) is 18.6 Å². The Morgan fingerprint density at radius 1 is 0.960 bits per heavy atom. The van der Waals surface area contributed by atoms with E-state index in [9.17, 15) is 0 Å². The lowest BCUT2D eigenvalue weighted by atomic mass is 9.92. The summed E-state index contributed by atoms with van der Waals surface area (Å²) in [5, 5.41) is 5.89. The largest absolute Gasteiger partial charge is 0.489 e. The van der Waals surface area contributed by atoms with Crippen molar-refractivity contribution in [2.24, 2.45) is 0 Å². The van der Waals surface area contributed by atoms with E-state index in [0.29, 0.717) is 6.61 Å². The van der Waals surface area contributed by atoms with Crippen molar-refractivity contribution in [1.82, 2.24) is 5.32 Å². The van der Waals surface area contributed by atoms with Crippen LogP contribution in [0.2, 0.25) is 0 Å². The van der Waals surface area contributed by atoms with Crippen molar-refractivity contribution in [1.29, 1.82) is 0 Å². The Morgan fingerprint density at radius 3 is 2.64 bits per heavy atom. The van der Waals surface area contributed by atoms with Crippen molar-refractivity contribution < 1.29 is 9.47 Å². The first-order valence-electron chi connectivity index (χ1n) is 8.76. The van der Waals surface area contributed by atoms with Gasteiger partial charge in [0.15, 0.2) is 0 Å². The zero-order valence-electron chi connectivity index (χ0n) is 14.5. The molecule has 1 atom stereocenters. The number of ether oxygens (including phenoxy) is 2. The molecule has 3 heteroatoms. The van der Waals surface area contributed by atoms with E-state index in [1.54, 1.807) is 7.11 Å². The minimum absolute atomic E-state index is 0.234. The molecule has 3 nitrogen and oxygen atoms in total. The van der Waals surface area contributed by atoms with E-state index in [-0.39, 0.29) is 5.60 Å². The van der Waals surface area contributed by atoms with E-state index in [4.69, 9.17) is 9.47 Å². The summed E-state index contributed by atoms with van der Waals surface area (Å²) >= 11 is 0. The Hall–Kier alpha value is -2.36. The van der Waals surface area contributed by atoms with Crippen LogP contribution >= 0.6 is 0 Å². The highest BCUT2D eigenvalue weighted by Gasteiger charge is 2.35. The third kappa shape index (κ3) is 3.26. The van der Waals surface area contributed by atoms with E-state index in [1.165, 1.54) is 21.9 Å². The van der Waals surface area contributed by atoms with Gasteiger partial charge in [-0.1, -0.05) is 48.5 Å². The summed E-state index contributed by atoms with van der Waals surface area (Å²) in [4.78, 5) is 0. The quantitative estimate of drug-likeness (QED) is 0.757. The van der Waals surface area contributed by atoms with Gasteiger partial charge in [0.05, 0.1) is 0 Å². The summed E-state index contributed by atoms with van der Waals surface area (Å²) in [6.07, 6.45) is 0.984. The zero-order valence-corrected chi connectivity index (χ0v) is 14.5. The van der Waals surface area contributed by atoms with Crippen molar-refractivity contribution >= 4 is 10.8 Å². The first kappa shape index (κ1) is 16.1. The van der Waals surface area contributed by atoms with Crippen LogP contribution in [0.1, 0.15) is 17.5 Å². The second-order valence-electron chi connectivity index (χ2n) is 6.62. The standard InChI is InChI=1S/C22H23NO2/c1-24-22(11-12-23-16-22)20-7-4-8-21(14-20)25-15-17-9-10-18-5-2-3-6-19(18)13-17/h2-10,13-14,23H,11-12,15-16H2,1H3. The number of fused-ring (bicyclic) bond motifs is 1. The minimum atomic E-state index is -0.234. The highest BCUT2D eigenvalue weighted by atomic mass is 16.5. The highest BCUT2D eigenvalue weighted by molar-refractivity contribution is 5.82. The fraction of sp³-hybridized carbons (Fsp3) is 0.273. The van der Waals surface area contributed by atoms with Crippen LogP contribution in [-0.2, 0) is 16.9 Å². The smallest absolute Gasteiger partial charge is 0.120 e. The van der Waals surface area contributed by atoms with Crippen LogP contribution in [0, 0.1) is 0 Å². The molecule has 1 unspecified atom stereocenters. The summed E-state index contributed by atoms with van der Waals surface area (Å²) in [6.45, 7) is 2.39. The molecule has 3 aromatic carbocycles. The molecular weight excluding hydrogens is 310 g/mol. The molecule has 0 bridgehead atoms. The average Bonchev–Trinajstić information content (AvgIpc) is 3.17. The lowest BCUT2D eigenvalue weighted by Crippen LogP contribution is -2.30. The van der Waals surface area contributed by atoms with E-state index in [1.807, 2.05) is 12.1 Å². The predicted molar refractivity (Wildman–Crippen MR) is 101 cm³/mol. The molecule has 3 aromatic rings. The summed E-state index contributed by atoms with van der Waals surface area (Å²) in [6, 6.07) is 23.1. The van der Waals surface area contributed by atoms with Gasteiger partial charge in [0, 0.05) is 13.7 Å². The van der Waals surface area contributed by atoms with Gasteiger partial charge in [0.25, 0.3) is 0 Å². The summed E-state index contributed by atoms with van der Waals surface area (Å²) < 4.78 is 11.9. The summed E-state index contributed by atoms with van der Waals surface area (Å²) in [5.41, 5.74) is 2.12. The molecule has 1 N–H and O–H groups in total. The topological polar surface area (TPSA) is 30.5 Å². The molecular formula is C22H23NO2. The maximum atomic E-state index is 6.05. The molecule has 1 fully saturated rings. The molecule has 0 radical (unpaired) electrons. The van der Waals surface area contributed by atoms with Crippen LogP contribution < -0.4 is 10.1 Å². The molecule has 128 valence electrons. The maximum absolute atomic E-state index is 6.05. The fourth-order valence-corrected chi connectivity index (χ4v) is 3.57. The molecule has 0 amide bonds. The minimum Gasteiger partial charge on any atom is -0.489 e. The molecule has 0 aromatic heterocycles. The van der Waals surface area contributed by atoms with Crippen molar-refractivity contribution in [3.63, 3.8) is 0 Å². The number of hydrogen-bond donors (Lipinski definition) is 1. The van der Waals surface area contributed by atoms with E-state index >= 15 is 0 Å². The van der Waals surface area contributed by atoms with Crippen LogP contribution in [0.25, 0.3) is 10.8 Å². The van der Waals surface area contributed by atoms with Gasteiger partial charge in [-0.15, -0.1) is 0 Å². The Balaban J connectivity index is 1.51. The molecule has 1 aliphatic rings. The second kappa shape index (κ2) is 6.87. The van der Waals surface area contributed by atoms with Crippen molar-refractivity contribution in [3.05, 3.63) is 77.9 Å². The normalized spacial score (nSPS) is 20.0. The monoisotopic (exact) mass is 333 g/mol. The third-order valence-corrected chi connectivity index (χ3v) is 5.09. The molecule has 0 saturated carbocycles. The van der Waals surface area contributed by atoms with E-state index in [2.05, 4.69) is 59.9 Å². The van der Waals surface area contributed by atoms with Gasteiger partial charge in [0.2, 0.25) is 0 Å². The van der Waals surface area contributed by atoms with E-state index < -0.39 is 0 Å². The lowest BCUT2D eigenvalue weighted by molar-refractivity contribution is 0.00305. The summed E-state index contributed by atoms with van der Waals surface area (Å²) in [7, 11) is 1.79. The maximum Gasteiger partial charge on any atom is 0.120 e. The fourth-order valence-electron chi connectivity index (χ4n) is 3.57. The molecule has 25 heavy (non-hydrogen) atoms. The Bertz CT molecular complexity index is 869. The van der Waals surface area contributed by atoms with Crippen molar-refractivity contribution in [2.75, 3.05) is 20.2 Å². The molecule has 1 saturated heterocycles. The van der Waals surface area contributed by atoms with Crippen molar-refractivity contribution in [3.8, 4) is 5.75 Å². The van der Waals surface area contributed by atoms with Crippen LogP contribution in [0.3, 0.4) is 0 Å². The molecule has 1 heterocycles. The highest BCUT2D eigenvalue weighted by Crippen LogP contribution is 2.33. The number of benzene rings is 3. The number of hydrogen-bond acceptors (Lipinski definition) is 3. The van der Waals surface area contributed by atoms with Gasteiger partial charge < -0.3 is 14.8 Å². The SMILES string of the molecule is COC1(c2cccc(OCc3ccc4ccccc4c3)c2)CCNC1. The number of rotatable bonds is 5. The molecule has 0 spiro atoms. The number of nitrogens with one attached hydrogen (secondary N) is 1. The molecule has 4 rings (SSSR count). The second-order valence-corrected chi connectivity index (χ2v) is 6.62. The van der Waals surface area contributed by atoms with Gasteiger partial charge in [-0.05, 0) is 53.1 Å². The Kier molecular flexibility index (Phi) is 4.43. The van der Waals surface area contributed by atoms with Crippen LogP contribution in [-0.4, -0.2) is 20.2 Å². The number of methoxy groups -OCH3 is 1. The predicted octanol–water partition coefficient (Wildman–Crippen LogP) is 4.25. The van der Waals surface area contributed by atoms with Gasteiger partial charge in [-0.3, -0.25) is 0 Å². The zero-order chi connectivity index (χ0) is 17.1. The van der Waals surface area contributed by atoms with Gasteiger partial charge in [-0.25, -0.2) is 0 Å². The van der Waals surface area contributed by atoms with Crippen LogP contribution in [0.5, 0.6) is 5.75 Å². The first-order chi connectivity index (χ1) is 12.3. The van der Waals surface area contributed by atoms with Gasteiger partial charge >= 0.3 is 0 Å².